The van der Waals surface area contributed by atoms with Crippen molar-refractivity contribution in [2.75, 3.05) is 6.54 Å². The van der Waals surface area contributed by atoms with Crippen molar-refractivity contribution in [1.82, 2.24) is 4.72 Å². The summed E-state index contributed by atoms with van der Waals surface area (Å²) in [6, 6.07) is 1.78. The summed E-state index contributed by atoms with van der Waals surface area (Å²) >= 11 is 5.61. The number of hydrogen-bond donors (Lipinski definition) is 1. The van der Waals surface area contributed by atoms with E-state index in [1.54, 1.807) is 4.72 Å². The first-order chi connectivity index (χ1) is 9.44. The minimum Gasteiger partial charge on any atom is -0.258 e. The Bertz CT molecular complexity index is 661. The number of rotatable bonds is 5. The van der Waals surface area contributed by atoms with E-state index in [4.69, 9.17) is 11.6 Å². The van der Waals surface area contributed by atoms with Gasteiger partial charge in [-0.2, -0.15) is 13.2 Å². The van der Waals surface area contributed by atoms with Gasteiger partial charge in [-0.1, -0.05) is 11.6 Å². The van der Waals surface area contributed by atoms with E-state index >= 15 is 0 Å². The van der Waals surface area contributed by atoms with Crippen LogP contribution in [0.4, 0.5) is 18.9 Å². The molecule has 1 aromatic carbocycles. The standard InChI is InChI=1S/C10H10ClF3N2O4S/c1-6-4-7(11)8(16(17)18)5-9(6)21(19,20)15-3-2-10(12,13)14/h4-5,15H,2-3H2,1H3. The molecule has 11 heteroatoms. The van der Waals surface area contributed by atoms with Gasteiger partial charge in [0.05, 0.1) is 16.2 Å². The molecule has 0 fully saturated rings. The average Bonchev–Trinajstić information content (AvgIpc) is 2.25. The van der Waals surface area contributed by atoms with Gasteiger partial charge in [-0.3, -0.25) is 10.1 Å². The van der Waals surface area contributed by atoms with Crippen molar-refractivity contribution in [2.45, 2.75) is 24.4 Å². The maximum Gasteiger partial charge on any atom is 0.390 e. The molecule has 0 saturated carbocycles. The lowest BCUT2D eigenvalue weighted by Crippen LogP contribution is -2.28. The second-order valence-electron chi connectivity index (χ2n) is 4.09. The molecule has 118 valence electrons. The van der Waals surface area contributed by atoms with Crippen molar-refractivity contribution in [1.29, 1.82) is 0 Å². The lowest BCUT2D eigenvalue weighted by Gasteiger charge is -2.11. The van der Waals surface area contributed by atoms with E-state index in [0.717, 1.165) is 6.07 Å². The van der Waals surface area contributed by atoms with Gasteiger partial charge in [0.2, 0.25) is 10.0 Å². The van der Waals surface area contributed by atoms with Crippen LogP contribution >= 0.6 is 11.6 Å². The topological polar surface area (TPSA) is 89.3 Å². The van der Waals surface area contributed by atoms with E-state index < -0.39 is 44.7 Å². The van der Waals surface area contributed by atoms with E-state index in [2.05, 4.69) is 0 Å². The highest BCUT2D eigenvalue weighted by molar-refractivity contribution is 7.89. The van der Waals surface area contributed by atoms with Crippen molar-refractivity contribution in [3.05, 3.63) is 32.8 Å². The highest BCUT2D eigenvalue weighted by Gasteiger charge is 2.29. The molecule has 0 unspecified atom stereocenters. The fraction of sp³-hybridized carbons (Fsp3) is 0.400. The summed E-state index contributed by atoms with van der Waals surface area (Å²) in [6.07, 6.45) is -5.86. The van der Waals surface area contributed by atoms with Gasteiger partial charge in [0.1, 0.15) is 5.02 Å². The lowest BCUT2D eigenvalue weighted by molar-refractivity contribution is -0.384. The third kappa shape index (κ3) is 4.83. The summed E-state index contributed by atoms with van der Waals surface area (Å²) in [7, 11) is -4.30. The van der Waals surface area contributed by atoms with Crippen LogP contribution in [0, 0.1) is 17.0 Å². The number of benzene rings is 1. The van der Waals surface area contributed by atoms with Gasteiger partial charge >= 0.3 is 6.18 Å². The maximum atomic E-state index is 12.0. The molecule has 21 heavy (non-hydrogen) atoms. The first-order valence-corrected chi connectivity index (χ1v) is 7.31. The number of nitrogens with zero attached hydrogens (tertiary/aromatic N) is 1. The van der Waals surface area contributed by atoms with Gasteiger partial charge in [0.15, 0.2) is 0 Å². The van der Waals surface area contributed by atoms with E-state index in [0.29, 0.717) is 6.07 Å². The van der Waals surface area contributed by atoms with Crippen molar-refractivity contribution < 1.29 is 26.5 Å². The van der Waals surface area contributed by atoms with Gasteiger partial charge in [-0.15, -0.1) is 0 Å². The fourth-order valence-electron chi connectivity index (χ4n) is 1.48. The molecule has 0 radical (unpaired) electrons. The van der Waals surface area contributed by atoms with Gasteiger partial charge in [-0.25, -0.2) is 13.1 Å². The van der Waals surface area contributed by atoms with Crippen LogP contribution in [0.25, 0.3) is 0 Å². The zero-order valence-electron chi connectivity index (χ0n) is 10.6. The Morgan fingerprint density at radius 1 is 1.38 bits per heavy atom. The normalized spacial score (nSPS) is 12.4. The monoisotopic (exact) mass is 346 g/mol. The number of nitro benzene ring substituents is 1. The Morgan fingerprint density at radius 3 is 2.43 bits per heavy atom. The van der Waals surface area contributed by atoms with Crippen LogP contribution in [0.5, 0.6) is 0 Å². The van der Waals surface area contributed by atoms with Gasteiger partial charge in [0.25, 0.3) is 5.69 Å². The molecule has 1 aromatic rings. The van der Waals surface area contributed by atoms with Gasteiger partial charge in [0, 0.05) is 12.6 Å². The van der Waals surface area contributed by atoms with Crippen molar-refractivity contribution >= 4 is 27.3 Å². The number of alkyl halides is 3. The highest BCUT2D eigenvalue weighted by Crippen LogP contribution is 2.30. The van der Waals surface area contributed by atoms with E-state index in [1.807, 2.05) is 0 Å². The second-order valence-corrected chi connectivity index (χ2v) is 6.23. The number of halogens is 4. The molecule has 0 bridgehead atoms. The van der Waals surface area contributed by atoms with E-state index in [1.165, 1.54) is 6.92 Å². The molecule has 1 N–H and O–H groups in total. The van der Waals surface area contributed by atoms with Crippen LogP contribution in [-0.4, -0.2) is 26.1 Å². The summed E-state index contributed by atoms with van der Waals surface area (Å²) in [5.74, 6) is 0. The third-order valence-electron chi connectivity index (χ3n) is 2.43. The number of sulfonamides is 1. The lowest BCUT2D eigenvalue weighted by atomic mass is 10.2. The molecule has 0 saturated heterocycles. The third-order valence-corrected chi connectivity index (χ3v) is 4.34. The summed E-state index contributed by atoms with van der Waals surface area (Å²) in [5, 5.41) is 10.5. The molecule has 1 rings (SSSR count). The molecule has 0 spiro atoms. The molecule has 0 aliphatic rings. The van der Waals surface area contributed by atoms with Crippen LogP contribution in [0.15, 0.2) is 17.0 Å². The zero-order valence-corrected chi connectivity index (χ0v) is 12.1. The smallest absolute Gasteiger partial charge is 0.258 e. The molecular weight excluding hydrogens is 337 g/mol. The highest BCUT2D eigenvalue weighted by atomic mass is 35.5. The molecule has 0 amide bonds. The fourth-order valence-corrected chi connectivity index (χ4v) is 3.04. The summed E-state index contributed by atoms with van der Waals surface area (Å²) in [6.45, 7) is 0.468. The van der Waals surface area contributed by atoms with Gasteiger partial charge < -0.3 is 0 Å². The van der Waals surface area contributed by atoms with Crippen LogP contribution in [-0.2, 0) is 10.0 Å². The minimum atomic E-state index is -4.51. The van der Waals surface area contributed by atoms with Crippen molar-refractivity contribution in [3.8, 4) is 0 Å². The number of nitrogens with one attached hydrogen (secondary N) is 1. The zero-order chi connectivity index (χ0) is 16.4. The predicted molar refractivity (Wildman–Crippen MR) is 68.7 cm³/mol. The largest absolute Gasteiger partial charge is 0.390 e. The van der Waals surface area contributed by atoms with Crippen LogP contribution in [0.2, 0.25) is 5.02 Å². The molecule has 0 heterocycles. The van der Waals surface area contributed by atoms with Crippen LogP contribution in [0.1, 0.15) is 12.0 Å². The average molecular weight is 347 g/mol. The Balaban J connectivity index is 3.08. The quantitative estimate of drug-likeness (QED) is 0.655. The van der Waals surface area contributed by atoms with Crippen molar-refractivity contribution in [3.63, 3.8) is 0 Å². The molecule has 0 aliphatic heterocycles. The van der Waals surface area contributed by atoms with E-state index in [9.17, 15) is 31.7 Å². The number of aryl methyl sites for hydroxylation is 1. The Kier molecular flexibility index (Phi) is 5.18. The van der Waals surface area contributed by atoms with Crippen molar-refractivity contribution in [2.24, 2.45) is 0 Å². The molecule has 0 aliphatic carbocycles. The predicted octanol–water partition coefficient (Wildman–Crippen LogP) is 2.79. The number of hydrogen-bond acceptors (Lipinski definition) is 4. The number of nitro groups is 1. The summed E-state index contributed by atoms with van der Waals surface area (Å²) in [5.41, 5.74) is -0.552. The molecule has 6 nitrogen and oxygen atoms in total. The van der Waals surface area contributed by atoms with E-state index in [-0.39, 0.29) is 10.6 Å². The Hall–Kier alpha value is -1.39. The summed E-state index contributed by atoms with van der Waals surface area (Å²) in [4.78, 5) is 9.35. The molecule has 0 atom stereocenters. The SMILES string of the molecule is Cc1cc(Cl)c([N+](=O)[O-])cc1S(=O)(=O)NCCC(F)(F)F. The Morgan fingerprint density at radius 2 is 1.95 bits per heavy atom. The second kappa shape index (κ2) is 6.16. The van der Waals surface area contributed by atoms with Crippen LogP contribution < -0.4 is 4.72 Å². The van der Waals surface area contributed by atoms with Crippen LogP contribution in [0.3, 0.4) is 0 Å². The first-order valence-electron chi connectivity index (χ1n) is 5.45. The Labute approximate surface area is 123 Å². The summed E-state index contributed by atoms with van der Waals surface area (Å²) < 4.78 is 61.5. The minimum absolute atomic E-state index is 0.0881. The van der Waals surface area contributed by atoms with Gasteiger partial charge in [-0.05, 0) is 18.6 Å². The first kappa shape index (κ1) is 17.7. The molecular formula is C10H10ClF3N2O4S. The molecule has 0 aromatic heterocycles. The maximum absolute atomic E-state index is 12.0.